The first-order valence-corrected chi connectivity index (χ1v) is 10.0. The number of aliphatic hydroxyl groups is 1. The molecule has 2 atom stereocenters. The number of rotatable bonds is 8. The normalized spacial score (nSPS) is 17.0. The van der Waals surface area contributed by atoms with Gasteiger partial charge in [-0.2, -0.15) is 0 Å². The Morgan fingerprint density at radius 1 is 1.04 bits per heavy atom. The molecule has 5 nitrogen and oxygen atoms in total. The fraction of sp³-hybridized carbons (Fsp3) is 0.909. The molecule has 0 aromatic rings. The van der Waals surface area contributed by atoms with Gasteiger partial charge in [0.2, 0.25) is 0 Å². The smallest absolute Gasteiger partial charge is 0.163 e. The van der Waals surface area contributed by atoms with Gasteiger partial charge >= 0.3 is 0 Å². The summed E-state index contributed by atoms with van der Waals surface area (Å²) in [5.74, 6) is -0.528. The molecule has 1 aliphatic heterocycles. The molecule has 1 saturated heterocycles. The summed E-state index contributed by atoms with van der Waals surface area (Å²) < 4.78 is 21.4. The number of aliphatic hydroxyl groups excluding tert-OH is 1. The van der Waals surface area contributed by atoms with E-state index in [1.54, 1.807) is 6.08 Å². The number of hydrogen-bond donors (Lipinski definition) is 1. The molecule has 28 heavy (non-hydrogen) atoms. The average Bonchev–Trinajstić information content (AvgIpc) is 2.89. The van der Waals surface area contributed by atoms with Crippen molar-refractivity contribution in [2.75, 3.05) is 33.0 Å². The lowest BCUT2D eigenvalue weighted by atomic mass is 10.4. The molecule has 0 saturated carbocycles. The Morgan fingerprint density at radius 2 is 1.46 bits per heavy atom. The van der Waals surface area contributed by atoms with Crippen LogP contribution >= 0.6 is 24.0 Å². The highest BCUT2D eigenvalue weighted by Crippen LogP contribution is 2.22. The minimum atomic E-state index is -0.620. The van der Waals surface area contributed by atoms with Crippen LogP contribution in [0.3, 0.4) is 0 Å². The maximum absolute atomic E-state index is 9.50. The van der Waals surface area contributed by atoms with Crippen LogP contribution < -0.4 is 0 Å². The molecule has 0 spiro atoms. The lowest BCUT2D eigenvalue weighted by Crippen LogP contribution is -2.27. The van der Waals surface area contributed by atoms with Gasteiger partial charge in [0, 0.05) is 0 Å². The molecular weight excluding hydrogens is 471 g/mol. The van der Waals surface area contributed by atoms with Crippen LogP contribution in [0.1, 0.15) is 82.1 Å². The van der Waals surface area contributed by atoms with Crippen molar-refractivity contribution >= 4 is 24.0 Å². The molecule has 1 N–H and O–H groups in total. The topological polar surface area (TPSA) is 57.2 Å². The van der Waals surface area contributed by atoms with Gasteiger partial charge in [-0.1, -0.05) is 74.3 Å². The van der Waals surface area contributed by atoms with E-state index in [9.17, 15) is 5.11 Å². The van der Waals surface area contributed by atoms with Gasteiger partial charge in [0.05, 0.1) is 33.0 Å². The third kappa shape index (κ3) is 33.8. The van der Waals surface area contributed by atoms with Gasteiger partial charge in [0.1, 0.15) is 12.2 Å². The van der Waals surface area contributed by atoms with Crippen LogP contribution in [0.5, 0.6) is 0 Å². The Labute approximate surface area is 193 Å². The summed E-state index contributed by atoms with van der Waals surface area (Å²) in [5.41, 5.74) is 0. The monoisotopic (exact) mass is 522 g/mol. The fourth-order valence-corrected chi connectivity index (χ4v) is 1.52. The molecule has 176 valence electrons. The van der Waals surface area contributed by atoms with Crippen LogP contribution in [0, 0.1) is 0 Å². The molecule has 1 aliphatic rings. The molecule has 1 fully saturated rings. The SMILES string of the molecule is C.C=CCOCC(O)COCC1COC(C)(C)O1.CCC.CCC.CCC.I. The van der Waals surface area contributed by atoms with Crippen molar-refractivity contribution in [3.8, 4) is 0 Å². The van der Waals surface area contributed by atoms with Gasteiger partial charge in [-0.25, -0.2) is 0 Å². The second-order valence-corrected chi connectivity index (χ2v) is 6.59. The molecule has 6 heteroatoms. The third-order valence-corrected chi connectivity index (χ3v) is 2.23. The van der Waals surface area contributed by atoms with Gasteiger partial charge in [-0.15, -0.1) is 30.6 Å². The summed E-state index contributed by atoms with van der Waals surface area (Å²) in [6, 6.07) is 0. The molecule has 0 aromatic carbocycles. The molecule has 1 heterocycles. The van der Waals surface area contributed by atoms with Crippen molar-refractivity contribution in [2.24, 2.45) is 0 Å². The van der Waals surface area contributed by atoms with Crippen LogP contribution in [-0.2, 0) is 18.9 Å². The van der Waals surface area contributed by atoms with Crippen LogP contribution in [0.2, 0.25) is 0 Å². The third-order valence-electron chi connectivity index (χ3n) is 2.23. The highest BCUT2D eigenvalue weighted by atomic mass is 127. The predicted molar refractivity (Wildman–Crippen MR) is 133 cm³/mol. The Kier molecular flexibility index (Phi) is 40.9. The molecule has 0 radical (unpaired) electrons. The largest absolute Gasteiger partial charge is 0.388 e. The molecule has 2 unspecified atom stereocenters. The maximum atomic E-state index is 9.50. The molecular formula is C22H51IO5. The van der Waals surface area contributed by atoms with E-state index in [0.717, 1.165) is 0 Å². The fourth-order valence-electron chi connectivity index (χ4n) is 1.52. The Balaban J connectivity index is -0.000000137. The second kappa shape index (κ2) is 29.5. The summed E-state index contributed by atoms with van der Waals surface area (Å²) in [5, 5.41) is 9.50. The van der Waals surface area contributed by atoms with Gasteiger partial charge in [0.25, 0.3) is 0 Å². The van der Waals surface area contributed by atoms with Crippen molar-refractivity contribution in [2.45, 2.75) is 100 Å². The predicted octanol–water partition coefficient (Wildman–Crippen LogP) is 6.22. The van der Waals surface area contributed by atoms with E-state index in [2.05, 4.69) is 48.1 Å². The van der Waals surface area contributed by atoms with Gasteiger partial charge in [-0.3, -0.25) is 0 Å². The minimum absolute atomic E-state index is 0. The van der Waals surface area contributed by atoms with Crippen molar-refractivity contribution in [1.82, 2.24) is 0 Å². The van der Waals surface area contributed by atoms with E-state index in [1.165, 1.54) is 19.3 Å². The summed E-state index contributed by atoms with van der Waals surface area (Å²) in [6.07, 6.45) is 4.70. The van der Waals surface area contributed by atoms with Crippen molar-refractivity contribution in [1.29, 1.82) is 0 Å². The number of hydrogen-bond acceptors (Lipinski definition) is 5. The summed E-state index contributed by atoms with van der Waals surface area (Å²) >= 11 is 0. The highest BCUT2D eigenvalue weighted by Gasteiger charge is 2.32. The zero-order valence-corrected chi connectivity index (χ0v) is 21.4. The molecule has 0 aromatic heterocycles. The standard InChI is InChI=1S/C12H22O5.3C3H8.CH4.HI/c1-4-5-14-6-10(13)7-15-8-11-9-16-12(2,3)17-11;3*1-3-2;;/h4,10-11,13H,1,5-9H2,2-3H3;3*3H2,1-2H3;1H4;1H. The van der Waals surface area contributed by atoms with Gasteiger partial charge in [-0.05, 0) is 13.8 Å². The summed E-state index contributed by atoms with van der Waals surface area (Å²) in [6.45, 7) is 21.9. The lowest BCUT2D eigenvalue weighted by molar-refractivity contribution is -0.146. The van der Waals surface area contributed by atoms with E-state index in [0.29, 0.717) is 19.8 Å². The van der Waals surface area contributed by atoms with Crippen LogP contribution in [0.15, 0.2) is 12.7 Å². The van der Waals surface area contributed by atoms with Crippen molar-refractivity contribution in [3.05, 3.63) is 12.7 Å². The minimum Gasteiger partial charge on any atom is -0.388 e. The Morgan fingerprint density at radius 3 is 1.82 bits per heavy atom. The maximum Gasteiger partial charge on any atom is 0.163 e. The Hall–Kier alpha value is 0.270. The van der Waals surface area contributed by atoms with E-state index in [4.69, 9.17) is 18.9 Å². The molecule has 0 amide bonds. The summed E-state index contributed by atoms with van der Waals surface area (Å²) in [7, 11) is 0. The first-order valence-electron chi connectivity index (χ1n) is 10.0. The number of halogens is 1. The zero-order valence-electron chi connectivity index (χ0n) is 19.1. The molecule has 1 rings (SSSR count). The van der Waals surface area contributed by atoms with Gasteiger partial charge in [0.15, 0.2) is 5.79 Å². The lowest BCUT2D eigenvalue weighted by Gasteiger charge is -2.17. The van der Waals surface area contributed by atoms with Crippen molar-refractivity contribution in [3.63, 3.8) is 0 Å². The zero-order chi connectivity index (χ0) is 20.8. The second-order valence-electron chi connectivity index (χ2n) is 6.59. The Bertz CT molecular complexity index is 271. The van der Waals surface area contributed by atoms with E-state index < -0.39 is 11.9 Å². The van der Waals surface area contributed by atoms with Crippen LogP contribution in [0.4, 0.5) is 0 Å². The van der Waals surface area contributed by atoms with E-state index >= 15 is 0 Å². The first kappa shape index (κ1) is 38.8. The number of ether oxygens (including phenoxy) is 4. The average molecular weight is 523 g/mol. The summed E-state index contributed by atoms with van der Waals surface area (Å²) in [4.78, 5) is 0. The van der Waals surface area contributed by atoms with E-state index in [-0.39, 0.29) is 50.7 Å². The van der Waals surface area contributed by atoms with Crippen molar-refractivity contribution < 1.29 is 24.1 Å². The van der Waals surface area contributed by atoms with Gasteiger partial charge < -0.3 is 24.1 Å². The van der Waals surface area contributed by atoms with E-state index in [1.807, 2.05) is 13.8 Å². The molecule has 0 aliphatic carbocycles. The highest BCUT2D eigenvalue weighted by molar-refractivity contribution is 14.0. The quantitative estimate of drug-likeness (QED) is 0.233. The van der Waals surface area contributed by atoms with Crippen LogP contribution in [-0.4, -0.2) is 56.1 Å². The first-order chi connectivity index (χ1) is 12.3. The molecule has 0 bridgehead atoms. The van der Waals surface area contributed by atoms with Crippen LogP contribution in [0.25, 0.3) is 0 Å².